The zero-order chi connectivity index (χ0) is 13.0. The lowest BCUT2D eigenvalue weighted by atomic mass is 10.1. The second-order valence-corrected chi connectivity index (χ2v) is 4.81. The van der Waals surface area contributed by atoms with E-state index in [1.807, 2.05) is 0 Å². The molecule has 6 nitrogen and oxygen atoms in total. The van der Waals surface area contributed by atoms with Crippen molar-refractivity contribution in [3.63, 3.8) is 0 Å². The average Bonchev–Trinajstić information content (AvgIpc) is 2.76. The molecule has 0 aliphatic heterocycles. The van der Waals surface area contributed by atoms with Gasteiger partial charge in [-0.25, -0.2) is 0 Å². The normalized spacial score (nSPS) is 23.2. The summed E-state index contributed by atoms with van der Waals surface area (Å²) in [6.07, 6.45) is 5.00. The van der Waals surface area contributed by atoms with Crippen molar-refractivity contribution in [1.82, 2.24) is 15.0 Å². The Morgan fingerprint density at radius 3 is 2.89 bits per heavy atom. The van der Waals surface area contributed by atoms with Gasteiger partial charge in [-0.15, -0.1) is 0 Å². The van der Waals surface area contributed by atoms with Crippen LogP contribution < -0.4 is 11.1 Å². The molecule has 0 spiro atoms. The minimum Gasteiger partial charge on any atom is -0.396 e. The summed E-state index contributed by atoms with van der Waals surface area (Å²) in [5, 5.41) is 12.6. The van der Waals surface area contributed by atoms with Crippen molar-refractivity contribution in [3.8, 4) is 0 Å². The van der Waals surface area contributed by atoms with Crippen molar-refractivity contribution in [2.45, 2.75) is 45.1 Å². The van der Waals surface area contributed by atoms with Gasteiger partial charge in [-0.3, -0.25) is 0 Å². The topological polar surface area (TPSA) is 97.0 Å². The summed E-state index contributed by atoms with van der Waals surface area (Å²) in [6.45, 7) is 2.28. The van der Waals surface area contributed by atoms with Gasteiger partial charge < -0.3 is 16.2 Å². The average molecular weight is 251 g/mol. The maximum absolute atomic E-state index is 9.29. The molecule has 0 saturated heterocycles. The van der Waals surface area contributed by atoms with Crippen LogP contribution >= 0.6 is 0 Å². The highest BCUT2D eigenvalue weighted by Crippen LogP contribution is 2.27. The van der Waals surface area contributed by atoms with E-state index in [1.54, 1.807) is 0 Å². The van der Waals surface area contributed by atoms with Gasteiger partial charge in [-0.05, 0) is 19.3 Å². The highest BCUT2D eigenvalue weighted by molar-refractivity contribution is 5.32. The standard InChI is InChI=1S/C12H21N5O/c1-2-4-10-15-11(13)17-12(16-10)14-9-6-3-5-8(9)7-18/h8-9,18H,2-7H2,1H3,(H3,13,14,15,16,17). The van der Waals surface area contributed by atoms with Crippen molar-refractivity contribution in [1.29, 1.82) is 0 Å². The largest absolute Gasteiger partial charge is 0.396 e. The zero-order valence-electron chi connectivity index (χ0n) is 10.8. The van der Waals surface area contributed by atoms with E-state index in [4.69, 9.17) is 5.73 Å². The van der Waals surface area contributed by atoms with Crippen LogP contribution in [0.4, 0.5) is 11.9 Å². The Bertz CT molecular complexity index is 398. The molecule has 100 valence electrons. The van der Waals surface area contributed by atoms with E-state index in [2.05, 4.69) is 27.2 Å². The molecule has 18 heavy (non-hydrogen) atoms. The van der Waals surface area contributed by atoms with E-state index in [9.17, 15) is 5.11 Å². The molecule has 0 radical (unpaired) electrons. The number of aromatic nitrogens is 3. The van der Waals surface area contributed by atoms with Gasteiger partial charge in [0.15, 0.2) is 0 Å². The van der Waals surface area contributed by atoms with Crippen molar-refractivity contribution in [3.05, 3.63) is 5.82 Å². The fourth-order valence-corrected chi connectivity index (χ4v) is 2.45. The monoisotopic (exact) mass is 251 g/mol. The van der Waals surface area contributed by atoms with Crippen LogP contribution in [0.3, 0.4) is 0 Å². The van der Waals surface area contributed by atoms with Crippen molar-refractivity contribution >= 4 is 11.9 Å². The highest BCUT2D eigenvalue weighted by Gasteiger charge is 2.27. The van der Waals surface area contributed by atoms with E-state index >= 15 is 0 Å². The molecule has 0 aromatic carbocycles. The smallest absolute Gasteiger partial charge is 0.227 e. The van der Waals surface area contributed by atoms with Gasteiger partial charge in [0.2, 0.25) is 11.9 Å². The van der Waals surface area contributed by atoms with E-state index < -0.39 is 0 Å². The Morgan fingerprint density at radius 1 is 1.33 bits per heavy atom. The van der Waals surface area contributed by atoms with Crippen LogP contribution in [0.25, 0.3) is 0 Å². The second-order valence-electron chi connectivity index (χ2n) is 4.81. The predicted octanol–water partition coefficient (Wildman–Crippen LogP) is 0.979. The van der Waals surface area contributed by atoms with Crippen LogP contribution in [0.1, 0.15) is 38.4 Å². The quantitative estimate of drug-likeness (QED) is 0.721. The molecule has 1 fully saturated rings. The summed E-state index contributed by atoms with van der Waals surface area (Å²) in [5.41, 5.74) is 5.68. The van der Waals surface area contributed by atoms with E-state index in [-0.39, 0.29) is 24.5 Å². The molecule has 1 aliphatic rings. The van der Waals surface area contributed by atoms with Gasteiger partial charge in [0.25, 0.3) is 0 Å². The van der Waals surface area contributed by atoms with Crippen LogP contribution in [-0.4, -0.2) is 32.7 Å². The molecule has 0 bridgehead atoms. The summed E-state index contributed by atoms with van der Waals surface area (Å²) >= 11 is 0. The Morgan fingerprint density at radius 2 is 2.17 bits per heavy atom. The van der Waals surface area contributed by atoms with Crippen LogP contribution in [0.15, 0.2) is 0 Å². The lowest BCUT2D eigenvalue weighted by Gasteiger charge is -2.19. The van der Waals surface area contributed by atoms with Crippen LogP contribution in [0, 0.1) is 5.92 Å². The number of anilines is 2. The maximum Gasteiger partial charge on any atom is 0.227 e. The molecule has 1 saturated carbocycles. The number of nitrogens with zero attached hydrogens (tertiary/aromatic N) is 3. The van der Waals surface area contributed by atoms with Crippen molar-refractivity contribution in [2.75, 3.05) is 17.7 Å². The Labute approximate surface area is 107 Å². The Kier molecular flexibility index (Phi) is 4.30. The third-order valence-electron chi connectivity index (χ3n) is 3.38. The molecule has 2 rings (SSSR count). The third kappa shape index (κ3) is 3.07. The number of nitrogen functional groups attached to an aromatic ring is 1. The highest BCUT2D eigenvalue weighted by atomic mass is 16.3. The fourth-order valence-electron chi connectivity index (χ4n) is 2.45. The second kappa shape index (κ2) is 5.95. The van der Waals surface area contributed by atoms with Gasteiger partial charge in [-0.1, -0.05) is 13.3 Å². The van der Waals surface area contributed by atoms with Crippen molar-refractivity contribution in [2.24, 2.45) is 5.92 Å². The first kappa shape index (κ1) is 13.0. The number of aliphatic hydroxyl groups is 1. The fraction of sp³-hybridized carbons (Fsp3) is 0.750. The summed E-state index contributed by atoms with van der Waals surface area (Å²) in [7, 11) is 0. The van der Waals surface area contributed by atoms with Crippen LogP contribution in [0.5, 0.6) is 0 Å². The molecule has 4 N–H and O–H groups in total. The number of nitrogens with two attached hydrogens (primary N) is 1. The number of nitrogens with one attached hydrogen (secondary N) is 1. The Hall–Kier alpha value is -1.43. The molecule has 6 heteroatoms. The lowest BCUT2D eigenvalue weighted by molar-refractivity contribution is 0.222. The van der Waals surface area contributed by atoms with Gasteiger partial charge in [-0.2, -0.15) is 15.0 Å². The predicted molar refractivity (Wildman–Crippen MR) is 70.1 cm³/mol. The number of aliphatic hydroxyl groups excluding tert-OH is 1. The summed E-state index contributed by atoms with van der Waals surface area (Å²) < 4.78 is 0. The van der Waals surface area contributed by atoms with Crippen LogP contribution in [0.2, 0.25) is 0 Å². The lowest BCUT2D eigenvalue weighted by Crippen LogP contribution is -2.27. The molecule has 1 aliphatic carbocycles. The van der Waals surface area contributed by atoms with Gasteiger partial charge >= 0.3 is 0 Å². The van der Waals surface area contributed by atoms with Gasteiger partial charge in [0, 0.05) is 25.0 Å². The first-order valence-electron chi connectivity index (χ1n) is 6.60. The summed E-state index contributed by atoms with van der Waals surface area (Å²) in [5.74, 6) is 1.81. The number of rotatable bonds is 5. The van der Waals surface area contributed by atoms with Crippen LogP contribution in [-0.2, 0) is 6.42 Å². The Balaban J connectivity index is 2.08. The number of hydrogen-bond donors (Lipinski definition) is 3. The number of hydrogen-bond acceptors (Lipinski definition) is 6. The molecule has 1 aromatic rings. The SMILES string of the molecule is CCCc1nc(N)nc(NC2CCCC2CO)n1. The molecule has 0 amide bonds. The summed E-state index contributed by atoms with van der Waals surface area (Å²) in [4.78, 5) is 12.6. The first-order chi connectivity index (χ1) is 8.72. The molecule has 2 unspecified atom stereocenters. The molecule has 2 atom stereocenters. The van der Waals surface area contributed by atoms with E-state index in [0.29, 0.717) is 5.95 Å². The van der Waals surface area contributed by atoms with E-state index in [1.165, 1.54) is 0 Å². The zero-order valence-corrected chi connectivity index (χ0v) is 10.8. The number of aryl methyl sites for hydroxylation is 1. The van der Waals surface area contributed by atoms with Gasteiger partial charge in [0.05, 0.1) is 0 Å². The minimum absolute atomic E-state index is 0.208. The first-order valence-corrected chi connectivity index (χ1v) is 6.60. The summed E-state index contributed by atoms with van der Waals surface area (Å²) in [6, 6.07) is 0.242. The maximum atomic E-state index is 9.29. The van der Waals surface area contributed by atoms with E-state index in [0.717, 1.165) is 37.9 Å². The molecule has 1 aromatic heterocycles. The minimum atomic E-state index is 0.208. The molecular weight excluding hydrogens is 230 g/mol. The third-order valence-corrected chi connectivity index (χ3v) is 3.38. The van der Waals surface area contributed by atoms with Gasteiger partial charge in [0.1, 0.15) is 5.82 Å². The van der Waals surface area contributed by atoms with Crippen molar-refractivity contribution < 1.29 is 5.11 Å². The molecule has 1 heterocycles. The molecular formula is C12H21N5O.